The van der Waals surface area contributed by atoms with Crippen LogP contribution in [0.3, 0.4) is 0 Å². The minimum absolute atomic E-state index is 0.0754. The lowest BCUT2D eigenvalue weighted by atomic mass is 10.1. The summed E-state index contributed by atoms with van der Waals surface area (Å²) in [5.41, 5.74) is 0.143. The summed E-state index contributed by atoms with van der Waals surface area (Å²) in [4.78, 5) is 0. The van der Waals surface area contributed by atoms with Crippen molar-refractivity contribution in [1.29, 1.82) is 0 Å². The van der Waals surface area contributed by atoms with Crippen LogP contribution in [0.25, 0.3) is 0 Å². The van der Waals surface area contributed by atoms with Crippen molar-refractivity contribution in [2.24, 2.45) is 10.2 Å². The van der Waals surface area contributed by atoms with Crippen LogP contribution in [-0.4, -0.2) is 25.0 Å². The number of fused-ring (bicyclic) bond motifs is 1. The molecule has 0 amide bonds. The minimum atomic E-state index is -0.647. The lowest BCUT2D eigenvalue weighted by Gasteiger charge is -2.10. The Morgan fingerprint density at radius 1 is 0.963 bits per heavy atom. The summed E-state index contributed by atoms with van der Waals surface area (Å²) >= 11 is 0. The first-order valence-electron chi connectivity index (χ1n) is 10.1. The molecule has 1 heterocycles. The van der Waals surface area contributed by atoms with Gasteiger partial charge in [-0.15, -0.1) is 5.11 Å². The summed E-state index contributed by atoms with van der Waals surface area (Å²) in [5.74, 6) is 1.73. The number of unbranched alkanes of at least 4 members (excludes halogenated alkanes) is 4. The Hall–Kier alpha value is -2.14. The highest BCUT2D eigenvalue weighted by Gasteiger charge is 2.56. The van der Waals surface area contributed by atoms with Crippen LogP contribution in [0.15, 0.2) is 58.5 Å². The Balaban J connectivity index is 1.46. The van der Waals surface area contributed by atoms with Gasteiger partial charge in [-0.05, 0) is 55.3 Å². The number of hydrogen-bond acceptors (Lipinski definition) is 5. The van der Waals surface area contributed by atoms with Crippen molar-refractivity contribution in [3.63, 3.8) is 0 Å². The third-order valence-corrected chi connectivity index (χ3v) is 4.66. The average molecular weight is 370 g/mol. The molecule has 1 aromatic rings. The Bertz CT molecular complexity index is 681. The van der Waals surface area contributed by atoms with E-state index in [1.165, 1.54) is 25.7 Å². The second-order valence-electron chi connectivity index (χ2n) is 7.00. The number of azo groups is 1. The van der Waals surface area contributed by atoms with Gasteiger partial charge in [-0.3, -0.25) is 0 Å². The highest BCUT2D eigenvalue weighted by atomic mass is 16.6. The quantitative estimate of drug-likeness (QED) is 0.254. The van der Waals surface area contributed by atoms with Gasteiger partial charge in [0.1, 0.15) is 17.6 Å². The molecule has 0 aromatic heterocycles. The van der Waals surface area contributed by atoms with Gasteiger partial charge < -0.3 is 14.2 Å². The van der Waals surface area contributed by atoms with Gasteiger partial charge >= 0.3 is 0 Å². The smallest absolute Gasteiger partial charge is 0.229 e. The monoisotopic (exact) mass is 370 g/mol. The number of allylic oxidation sites excluding steroid dienone is 1. The van der Waals surface area contributed by atoms with Gasteiger partial charge in [-0.1, -0.05) is 39.5 Å². The van der Waals surface area contributed by atoms with Crippen molar-refractivity contribution in [3.05, 3.63) is 48.3 Å². The summed E-state index contributed by atoms with van der Waals surface area (Å²) in [7, 11) is 0. The van der Waals surface area contributed by atoms with Crippen molar-refractivity contribution in [2.75, 3.05) is 13.2 Å². The maximum atomic E-state index is 5.76. The van der Waals surface area contributed by atoms with Crippen LogP contribution in [0.4, 0.5) is 5.69 Å². The molecule has 2 unspecified atom stereocenters. The van der Waals surface area contributed by atoms with Crippen LogP contribution >= 0.6 is 0 Å². The Morgan fingerprint density at radius 3 is 2.33 bits per heavy atom. The fraction of sp³-hybridized carbons (Fsp3) is 0.545. The summed E-state index contributed by atoms with van der Waals surface area (Å²) in [6.07, 6.45) is 12.7. The Labute approximate surface area is 162 Å². The Morgan fingerprint density at radius 2 is 1.67 bits per heavy atom. The summed E-state index contributed by atoms with van der Waals surface area (Å²) in [6, 6.07) is 7.69. The van der Waals surface area contributed by atoms with E-state index in [0.717, 1.165) is 43.3 Å². The lowest BCUT2D eigenvalue weighted by molar-refractivity contribution is 0.215. The van der Waals surface area contributed by atoms with Gasteiger partial charge in [0.25, 0.3) is 0 Å². The topological polar surface area (TPSA) is 55.7 Å². The normalized spacial score (nSPS) is 23.2. The number of ether oxygens (including phenoxy) is 3. The number of nitrogens with zero attached hydrogens (tertiary/aromatic N) is 2. The lowest BCUT2D eigenvalue weighted by Crippen LogP contribution is -2.10. The average Bonchev–Trinajstić information content (AvgIpc) is 3.42. The van der Waals surface area contributed by atoms with Crippen molar-refractivity contribution >= 4 is 5.69 Å². The molecule has 2 atom stereocenters. The van der Waals surface area contributed by atoms with Crippen LogP contribution in [0.5, 0.6) is 5.75 Å². The van der Waals surface area contributed by atoms with Gasteiger partial charge in [0.2, 0.25) is 5.72 Å². The van der Waals surface area contributed by atoms with Gasteiger partial charge in [0.15, 0.2) is 0 Å². The molecule has 27 heavy (non-hydrogen) atoms. The highest BCUT2D eigenvalue weighted by Crippen LogP contribution is 2.44. The third-order valence-electron chi connectivity index (χ3n) is 4.66. The van der Waals surface area contributed by atoms with E-state index in [9.17, 15) is 0 Å². The molecule has 0 spiro atoms. The molecule has 5 heteroatoms. The molecule has 3 rings (SSSR count). The maximum Gasteiger partial charge on any atom is 0.229 e. The Kier molecular flexibility index (Phi) is 7.04. The summed E-state index contributed by atoms with van der Waals surface area (Å²) in [6.45, 7) is 5.88. The molecule has 5 nitrogen and oxygen atoms in total. The first kappa shape index (κ1) is 19.6. The van der Waals surface area contributed by atoms with Gasteiger partial charge in [-0.25, -0.2) is 0 Å². The predicted molar refractivity (Wildman–Crippen MR) is 106 cm³/mol. The first-order valence-corrected chi connectivity index (χ1v) is 10.1. The molecule has 1 saturated heterocycles. The van der Waals surface area contributed by atoms with E-state index in [1.807, 2.05) is 42.5 Å². The zero-order valence-corrected chi connectivity index (χ0v) is 16.4. The van der Waals surface area contributed by atoms with Crippen molar-refractivity contribution in [2.45, 2.75) is 64.2 Å². The van der Waals surface area contributed by atoms with Gasteiger partial charge in [0.05, 0.1) is 18.9 Å². The summed E-state index contributed by atoms with van der Waals surface area (Å²) in [5, 5.41) is 8.72. The van der Waals surface area contributed by atoms with Gasteiger partial charge in [0, 0.05) is 0 Å². The predicted octanol–water partition coefficient (Wildman–Crippen LogP) is 6.09. The van der Waals surface area contributed by atoms with E-state index in [-0.39, 0.29) is 6.10 Å². The zero-order chi connectivity index (χ0) is 19.0. The van der Waals surface area contributed by atoms with Crippen LogP contribution in [-0.2, 0) is 9.47 Å². The van der Waals surface area contributed by atoms with Crippen LogP contribution in [0.1, 0.15) is 52.4 Å². The standard InChI is InChI=1S/C22H30N2O3/c1-3-5-7-15-25-19-11-9-18(10-12-19)23-24-22-14-13-20(17-21(22)27-22)26-16-8-6-4-2/h9-14,17,21H,3-8,15-16H2,1-2H3. The van der Waals surface area contributed by atoms with E-state index in [1.54, 1.807) is 0 Å². The number of rotatable bonds is 12. The number of benzene rings is 1. The van der Waals surface area contributed by atoms with Crippen molar-refractivity contribution in [1.82, 2.24) is 0 Å². The zero-order valence-electron chi connectivity index (χ0n) is 16.4. The molecular weight excluding hydrogens is 340 g/mol. The molecular formula is C22H30N2O3. The molecule has 0 bridgehead atoms. The summed E-state index contributed by atoms with van der Waals surface area (Å²) < 4.78 is 17.2. The largest absolute Gasteiger partial charge is 0.494 e. The fourth-order valence-electron chi connectivity index (χ4n) is 2.90. The molecule has 1 aliphatic carbocycles. The molecule has 146 valence electrons. The number of hydrogen-bond donors (Lipinski definition) is 0. The molecule has 0 N–H and O–H groups in total. The molecule has 1 fully saturated rings. The molecule has 0 saturated carbocycles. The van der Waals surface area contributed by atoms with E-state index in [0.29, 0.717) is 0 Å². The van der Waals surface area contributed by atoms with Crippen molar-refractivity contribution < 1.29 is 14.2 Å². The highest BCUT2D eigenvalue weighted by molar-refractivity contribution is 5.41. The van der Waals surface area contributed by atoms with Gasteiger partial charge in [-0.2, -0.15) is 5.11 Å². The first-order chi connectivity index (χ1) is 13.3. The minimum Gasteiger partial charge on any atom is -0.494 e. The van der Waals surface area contributed by atoms with Crippen LogP contribution in [0.2, 0.25) is 0 Å². The molecule has 2 aliphatic rings. The van der Waals surface area contributed by atoms with Crippen LogP contribution < -0.4 is 4.74 Å². The van der Waals surface area contributed by atoms with E-state index in [4.69, 9.17) is 14.2 Å². The fourth-order valence-corrected chi connectivity index (χ4v) is 2.90. The molecule has 1 aliphatic heterocycles. The maximum absolute atomic E-state index is 5.76. The van der Waals surface area contributed by atoms with Crippen LogP contribution in [0, 0.1) is 0 Å². The van der Waals surface area contributed by atoms with Crippen molar-refractivity contribution in [3.8, 4) is 5.75 Å². The SMILES string of the molecule is CCCCCOC1=CC2OC2(N=Nc2ccc(OCCCCC)cc2)C=C1. The number of epoxide rings is 1. The second kappa shape index (κ2) is 9.70. The molecule has 0 radical (unpaired) electrons. The third kappa shape index (κ3) is 5.67. The second-order valence-corrected chi connectivity index (χ2v) is 7.00. The van der Waals surface area contributed by atoms with E-state index < -0.39 is 5.72 Å². The van der Waals surface area contributed by atoms with E-state index >= 15 is 0 Å². The molecule has 1 aromatic carbocycles. The van der Waals surface area contributed by atoms with E-state index in [2.05, 4.69) is 24.1 Å².